The van der Waals surface area contributed by atoms with Crippen molar-refractivity contribution in [2.24, 2.45) is 7.05 Å². The van der Waals surface area contributed by atoms with Gasteiger partial charge in [0.05, 0.1) is 12.7 Å². The smallest absolute Gasteiger partial charge is 0.220 e. The Bertz CT molecular complexity index is 380. The molecule has 1 aliphatic heterocycles. The van der Waals surface area contributed by atoms with Crippen LogP contribution in [0.4, 0.5) is 0 Å². The molecule has 0 bridgehead atoms. The van der Waals surface area contributed by atoms with Gasteiger partial charge >= 0.3 is 0 Å². The molecular weight excluding hydrogens is 228 g/mol. The minimum Gasteiger partial charge on any atom is -0.355 e. The maximum atomic E-state index is 11.0. The zero-order chi connectivity index (χ0) is 11.5. The van der Waals surface area contributed by atoms with Crippen molar-refractivity contribution in [3.63, 3.8) is 0 Å². The molecule has 6 heteroatoms. The molecule has 1 fully saturated rings. The van der Waals surface area contributed by atoms with E-state index in [9.17, 15) is 4.79 Å². The van der Waals surface area contributed by atoms with Gasteiger partial charge in [0, 0.05) is 26.1 Å². The lowest BCUT2D eigenvalue weighted by atomic mass is 10.1. The number of piperidine rings is 1. The Balaban J connectivity index is 1.83. The number of hydrogen-bond donors (Lipinski definition) is 2. The van der Waals surface area contributed by atoms with Gasteiger partial charge in [0.15, 0.2) is 0 Å². The predicted molar refractivity (Wildman–Crippen MR) is 61.1 cm³/mol. The maximum absolute atomic E-state index is 11.0. The van der Waals surface area contributed by atoms with Crippen LogP contribution in [0.5, 0.6) is 0 Å². The Morgan fingerprint density at radius 3 is 3.12 bits per heavy atom. The van der Waals surface area contributed by atoms with Crippen molar-refractivity contribution in [3.8, 4) is 0 Å². The van der Waals surface area contributed by atoms with Crippen molar-refractivity contribution in [2.45, 2.75) is 25.4 Å². The van der Waals surface area contributed by atoms with Crippen molar-refractivity contribution in [2.75, 3.05) is 6.54 Å². The summed E-state index contributed by atoms with van der Waals surface area (Å²) in [5.41, 5.74) is 0. The second-order valence-electron chi connectivity index (χ2n) is 3.98. The van der Waals surface area contributed by atoms with Crippen LogP contribution >= 0.6 is 11.6 Å². The first kappa shape index (κ1) is 11.4. The second kappa shape index (κ2) is 4.84. The monoisotopic (exact) mass is 242 g/mol. The summed E-state index contributed by atoms with van der Waals surface area (Å²) in [6, 6.07) is 0.327. The molecule has 2 heterocycles. The van der Waals surface area contributed by atoms with Gasteiger partial charge in [0.1, 0.15) is 11.0 Å². The molecule has 1 aromatic heterocycles. The van der Waals surface area contributed by atoms with E-state index in [2.05, 4.69) is 15.6 Å². The van der Waals surface area contributed by atoms with Crippen LogP contribution in [0, 0.1) is 0 Å². The van der Waals surface area contributed by atoms with E-state index in [1.807, 2.05) is 11.6 Å². The molecule has 1 aromatic rings. The molecule has 1 unspecified atom stereocenters. The summed E-state index contributed by atoms with van der Waals surface area (Å²) in [5, 5.41) is 6.82. The number of aromatic nitrogens is 2. The van der Waals surface area contributed by atoms with Crippen LogP contribution in [0.25, 0.3) is 0 Å². The molecular formula is C10H15ClN4O. The number of carbonyl (C=O) groups excluding carboxylic acids is 1. The molecule has 0 spiro atoms. The molecule has 88 valence electrons. The van der Waals surface area contributed by atoms with E-state index < -0.39 is 0 Å². The molecule has 0 aliphatic carbocycles. The maximum Gasteiger partial charge on any atom is 0.220 e. The van der Waals surface area contributed by atoms with Crippen molar-refractivity contribution in [1.29, 1.82) is 0 Å². The number of amides is 1. The summed E-state index contributed by atoms with van der Waals surface area (Å²) in [6.45, 7) is 1.36. The van der Waals surface area contributed by atoms with E-state index in [0.29, 0.717) is 30.7 Å². The lowest BCUT2D eigenvalue weighted by Gasteiger charge is -2.23. The first-order valence-electron chi connectivity index (χ1n) is 5.33. The van der Waals surface area contributed by atoms with Crippen molar-refractivity contribution in [1.82, 2.24) is 20.2 Å². The Hall–Kier alpha value is -1.07. The molecule has 2 N–H and O–H groups in total. The fourth-order valence-electron chi connectivity index (χ4n) is 1.73. The highest BCUT2D eigenvalue weighted by Gasteiger charge is 2.17. The summed E-state index contributed by atoms with van der Waals surface area (Å²) in [7, 11) is 1.88. The van der Waals surface area contributed by atoms with Gasteiger partial charge in [-0.1, -0.05) is 11.6 Å². The normalized spacial score (nSPS) is 20.9. The van der Waals surface area contributed by atoms with E-state index in [0.717, 1.165) is 12.2 Å². The Labute approximate surface area is 99.2 Å². The predicted octanol–water partition coefficient (Wildman–Crippen LogP) is 0.442. The van der Waals surface area contributed by atoms with Gasteiger partial charge in [-0.15, -0.1) is 0 Å². The highest BCUT2D eigenvalue weighted by Crippen LogP contribution is 2.09. The van der Waals surface area contributed by atoms with E-state index in [1.54, 1.807) is 6.20 Å². The van der Waals surface area contributed by atoms with Gasteiger partial charge in [-0.05, 0) is 6.42 Å². The van der Waals surface area contributed by atoms with Crippen LogP contribution < -0.4 is 10.6 Å². The summed E-state index contributed by atoms with van der Waals surface area (Å²) in [6.07, 6.45) is 3.12. The molecule has 1 saturated heterocycles. The molecule has 2 rings (SSSR count). The number of rotatable bonds is 3. The Morgan fingerprint density at radius 2 is 2.56 bits per heavy atom. The molecule has 0 radical (unpaired) electrons. The van der Waals surface area contributed by atoms with Gasteiger partial charge in [-0.2, -0.15) is 0 Å². The minimum absolute atomic E-state index is 0.137. The van der Waals surface area contributed by atoms with Crippen LogP contribution in [0.1, 0.15) is 18.7 Å². The van der Waals surface area contributed by atoms with Crippen LogP contribution in [0.3, 0.4) is 0 Å². The summed E-state index contributed by atoms with van der Waals surface area (Å²) >= 11 is 5.89. The van der Waals surface area contributed by atoms with Crippen LogP contribution in [-0.4, -0.2) is 28.0 Å². The Morgan fingerprint density at radius 1 is 1.75 bits per heavy atom. The number of halogens is 1. The van der Waals surface area contributed by atoms with Crippen molar-refractivity contribution in [3.05, 3.63) is 17.2 Å². The highest BCUT2D eigenvalue weighted by molar-refractivity contribution is 6.29. The van der Waals surface area contributed by atoms with E-state index in [4.69, 9.17) is 11.6 Å². The average molecular weight is 243 g/mol. The van der Waals surface area contributed by atoms with E-state index in [1.165, 1.54) is 0 Å². The second-order valence-corrected chi connectivity index (χ2v) is 4.36. The average Bonchev–Trinajstić information content (AvgIpc) is 2.60. The molecule has 1 atom stereocenters. The lowest BCUT2D eigenvalue weighted by molar-refractivity contribution is -0.122. The third kappa shape index (κ3) is 2.54. The molecule has 1 aliphatic rings. The number of hydrogen-bond acceptors (Lipinski definition) is 3. The number of carbonyl (C=O) groups is 1. The fourth-order valence-corrected chi connectivity index (χ4v) is 1.88. The quantitative estimate of drug-likeness (QED) is 0.809. The molecule has 5 nitrogen and oxygen atoms in total. The minimum atomic E-state index is 0.137. The van der Waals surface area contributed by atoms with Crippen LogP contribution in [0.15, 0.2) is 6.20 Å². The van der Waals surface area contributed by atoms with Crippen LogP contribution in [0.2, 0.25) is 5.15 Å². The van der Waals surface area contributed by atoms with Crippen molar-refractivity contribution < 1.29 is 4.79 Å². The first-order valence-corrected chi connectivity index (χ1v) is 5.71. The van der Waals surface area contributed by atoms with Gasteiger partial charge in [0.2, 0.25) is 5.91 Å². The van der Waals surface area contributed by atoms with Crippen molar-refractivity contribution >= 4 is 17.5 Å². The number of imidazole rings is 1. The van der Waals surface area contributed by atoms with Gasteiger partial charge in [-0.3, -0.25) is 4.79 Å². The van der Waals surface area contributed by atoms with Gasteiger partial charge in [-0.25, -0.2) is 4.98 Å². The summed E-state index contributed by atoms with van der Waals surface area (Å²) in [4.78, 5) is 15.2. The standard InChI is InChI=1S/C10H15ClN4O/c1-15-8(11)5-13-9(15)6-12-7-2-3-10(16)14-4-7/h5,7,12H,2-4,6H2,1H3,(H,14,16). The molecule has 16 heavy (non-hydrogen) atoms. The largest absolute Gasteiger partial charge is 0.355 e. The van der Waals surface area contributed by atoms with Gasteiger partial charge in [0.25, 0.3) is 0 Å². The number of nitrogens with zero attached hydrogens (tertiary/aromatic N) is 2. The third-order valence-electron chi connectivity index (χ3n) is 2.84. The van der Waals surface area contributed by atoms with E-state index in [-0.39, 0.29) is 5.91 Å². The third-order valence-corrected chi connectivity index (χ3v) is 3.19. The topological polar surface area (TPSA) is 59.0 Å². The Kier molecular flexibility index (Phi) is 3.46. The zero-order valence-corrected chi connectivity index (χ0v) is 9.92. The molecule has 1 amide bonds. The first-order chi connectivity index (χ1) is 7.66. The molecule has 0 saturated carbocycles. The fraction of sp³-hybridized carbons (Fsp3) is 0.600. The summed E-state index contributed by atoms with van der Waals surface area (Å²) < 4.78 is 1.84. The van der Waals surface area contributed by atoms with Gasteiger partial charge < -0.3 is 15.2 Å². The van der Waals surface area contributed by atoms with E-state index >= 15 is 0 Å². The van der Waals surface area contributed by atoms with Crippen LogP contribution in [-0.2, 0) is 18.4 Å². The summed E-state index contributed by atoms with van der Waals surface area (Å²) in [5.74, 6) is 1.04. The lowest BCUT2D eigenvalue weighted by Crippen LogP contribution is -2.45. The highest BCUT2D eigenvalue weighted by atomic mass is 35.5. The zero-order valence-electron chi connectivity index (χ0n) is 9.16. The molecule has 0 aromatic carbocycles. The SMILES string of the molecule is Cn1c(Cl)cnc1CNC1CCC(=O)NC1. The number of nitrogens with one attached hydrogen (secondary N) is 2.